The number of amides is 1. The molecule has 1 fully saturated rings. The molecule has 5 heteroatoms. The minimum absolute atomic E-state index is 0.0786. The van der Waals surface area contributed by atoms with E-state index in [4.69, 9.17) is 9.47 Å². The summed E-state index contributed by atoms with van der Waals surface area (Å²) in [6.07, 6.45) is 3.01. The SMILES string of the molecule is CC1OC(CCc2cccc3c2CCN3C(=O)CCNC(C)(C)c2ccccc2)O1. The van der Waals surface area contributed by atoms with Gasteiger partial charge in [0.25, 0.3) is 0 Å². The van der Waals surface area contributed by atoms with Gasteiger partial charge >= 0.3 is 0 Å². The predicted molar refractivity (Wildman–Crippen MR) is 118 cm³/mol. The second kappa shape index (κ2) is 8.88. The van der Waals surface area contributed by atoms with Crippen molar-refractivity contribution in [3.05, 3.63) is 65.2 Å². The summed E-state index contributed by atoms with van der Waals surface area (Å²) >= 11 is 0. The number of ether oxygens (including phenoxy) is 2. The molecule has 0 radical (unpaired) electrons. The maximum Gasteiger partial charge on any atom is 0.228 e. The lowest BCUT2D eigenvalue weighted by Crippen LogP contribution is -2.39. The van der Waals surface area contributed by atoms with Gasteiger partial charge in [0.05, 0.1) is 0 Å². The number of hydrogen-bond acceptors (Lipinski definition) is 4. The number of carbonyl (C=O) groups is 1. The second-order valence-corrected chi connectivity index (χ2v) is 8.69. The normalized spacial score (nSPS) is 20.7. The van der Waals surface area contributed by atoms with Crippen LogP contribution in [0.5, 0.6) is 0 Å². The molecule has 0 saturated carbocycles. The van der Waals surface area contributed by atoms with E-state index in [1.54, 1.807) is 0 Å². The highest BCUT2D eigenvalue weighted by Crippen LogP contribution is 2.33. The molecule has 0 spiro atoms. The van der Waals surface area contributed by atoms with E-state index in [1.165, 1.54) is 16.7 Å². The highest BCUT2D eigenvalue weighted by Gasteiger charge is 2.29. The van der Waals surface area contributed by atoms with Gasteiger partial charge in [-0.2, -0.15) is 0 Å². The van der Waals surface area contributed by atoms with E-state index in [9.17, 15) is 4.79 Å². The van der Waals surface area contributed by atoms with E-state index in [2.05, 4.69) is 49.5 Å². The lowest BCUT2D eigenvalue weighted by molar-refractivity contribution is -0.376. The molecule has 2 heterocycles. The fraction of sp³-hybridized carbons (Fsp3) is 0.480. The summed E-state index contributed by atoms with van der Waals surface area (Å²) in [4.78, 5) is 14.9. The molecule has 5 nitrogen and oxygen atoms in total. The third-order valence-electron chi connectivity index (χ3n) is 6.16. The number of benzene rings is 2. The first-order valence-corrected chi connectivity index (χ1v) is 11.0. The Morgan fingerprint density at radius 3 is 2.63 bits per heavy atom. The average Bonchev–Trinajstić information content (AvgIpc) is 3.16. The van der Waals surface area contributed by atoms with Crippen molar-refractivity contribution in [1.29, 1.82) is 0 Å². The molecule has 1 saturated heterocycles. The van der Waals surface area contributed by atoms with Gasteiger partial charge in [-0.1, -0.05) is 42.5 Å². The zero-order chi connectivity index (χ0) is 21.1. The third-order valence-corrected chi connectivity index (χ3v) is 6.16. The molecule has 2 aromatic rings. The van der Waals surface area contributed by atoms with Crippen molar-refractivity contribution in [2.45, 2.75) is 64.6 Å². The highest BCUT2D eigenvalue weighted by atomic mass is 16.9. The molecule has 0 unspecified atom stereocenters. The second-order valence-electron chi connectivity index (χ2n) is 8.69. The molecule has 0 aromatic heterocycles. The van der Waals surface area contributed by atoms with Crippen molar-refractivity contribution in [2.24, 2.45) is 0 Å². The minimum Gasteiger partial charge on any atom is -0.324 e. The van der Waals surface area contributed by atoms with Crippen LogP contribution >= 0.6 is 0 Å². The van der Waals surface area contributed by atoms with E-state index in [0.717, 1.165) is 31.5 Å². The van der Waals surface area contributed by atoms with Gasteiger partial charge in [-0.3, -0.25) is 4.79 Å². The molecule has 0 aliphatic carbocycles. The van der Waals surface area contributed by atoms with Crippen LogP contribution in [0.3, 0.4) is 0 Å². The summed E-state index contributed by atoms with van der Waals surface area (Å²) in [7, 11) is 0. The van der Waals surface area contributed by atoms with Gasteiger partial charge in [-0.15, -0.1) is 0 Å². The Kier molecular flexibility index (Phi) is 6.23. The largest absolute Gasteiger partial charge is 0.324 e. The van der Waals surface area contributed by atoms with Crippen LogP contribution < -0.4 is 10.2 Å². The number of hydrogen-bond donors (Lipinski definition) is 1. The lowest BCUT2D eigenvalue weighted by Gasteiger charge is -2.33. The quantitative estimate of drug-likeness (QED) is 0.713. The van der Waals surface area contributed by atoms with Crippen LogP contribution in [-0.2, 0) is 32.6 Å². The predicted octanol–water partition coefficient (Wildman–Crippen LogP) is 4.14. The fourth-order valence-electron chi connectivity index (χ4n) is 4.42. The van der Waals surface area contributed by atoms with E-state index < -0.39 is 0 Å². The molecular weight excluding hydrogens is 376 g/mol. The molecule has 0 atom stereocenters. The Labute approximate surface area is 179 Å². The van der Waals surface area contributed by atoms with E-state index in [1.807, 2.05) is 30.0 Å². The first-order chi connectivity index (χ1) is 14.4. The van der Waals surface area contributed by atoms with Crippen molar-refractivity contribution in [1.82, 2.24) is 5.32 Å². The number of fused-ring (bicyclic) bond motifs is 1. The third kappa shape index (κ3) is 4.59. The van der Waals surface area contributed by atoms with Crippen LogP contribution in [0.15, 0.2) is 48.5 Å². The van der Waals surface area contributed by atoms with E-state index in [-0.39, 0.29) is 24.0 Å². The number of anilines is 1. The average molecular weight is 409 g/mol. The zero-order valence-electron chi connectivity index (χ0n) is 18.2. The summed E-state index contributed by atoms with van der Waals surface area (Å²) in [5.74, 6) is 0.182. The number of nitrogens with one attached hydrogen (secondary N) is 1. The molecule has 2 aromatic carbocycles. The summed E-state index contributed by atoms with van der Waals surface area (Å²) < 4.78 is 11.1. The Morgan fingerprint density at radius 1 is 1.13 bits per heavy atom. The van der Waals surface area contributed by atoms with Crippen LogP contribution in [0.1, 0.15) is 50.3 Å². The van der Waals surface area contributed by atoms with Gasteiger partial charge in [0.1, 0.15) is 0 Å². The van der Waals surface area contributed by atoms with Gasteiger partial charge in [0.2, 0.25) is 5.91 Å². The number of aryl methyl sites for hydroxylation is 1. The summed E-state index contributed by atoms with van der Waals surface area (Å²) in [6, 6.07) is 16.7. The van der Waals surface area contributed by atoms with Crippen molar-refractivity contribution >= 4 is 11.6 Å². The Morgan fingerprint density at radius 2 is 1.90 bits per heavy atom. The van der Waals surface area contributed by atoms with Crippen molar-refractivity contribution < 1.29 is 14.3 Å². The van der Waals surface area contributed by atoms with E-state index in [0.29, 0.717) is 13.0 Å². The monoisotopic (exact) mass is 408 g/mol. The Bertz CT molecular complexity index is 875. The number of carbonyl (C=O) groups excluding carboxylic acids is 1. The molecule has 1 amide bonds. The summed E-state index contributed by atoms with van der Waals surface area (Å²) in [6.45, 7) is 7.64. The molecule has 2 aliphatic rings. The Hall–Kier alpha value is -2.21. The molecule has 4 rings (SSSR count). The standard InChI is InChI=1S/C25H32N2O3/c1-18-29-24(30-18)13-12-19-8-7-11-22-21(19)15-17-27(22)23(28)14-16-26-25(2,3)20-9-5-4-6-10-20/h4-11,18,24,26H,12-17H2,1-3H3. The number of nitrogens with zero attached hydrogens (tertiary/aromatic N) is 1. The zero-order valence-corrected chi connectivity index (χ0v) is 18.2. The molecule has 2 aliphatic heterocycles. The van der Waals surface area contributed by atoms with Gasteiger partial charge < -0.3 is 19.7 Å². The smallest absolute Gasteiger partial charge is 0.228 e. The molecular formula is C25H32N2O3. The first-order valence-electron chi connectivity index (χ1n) is 11.0. The van der Waals surface area contributed by atoms with Crippen LogP contribution in [-0.4, -0.2) is 31.6 Å². The lowest BCUT2D eigenvalue weighted by atomic mass is 9.94. The van der Waals surface area contributed by atoms with Crippen LogP contribution in [0, 0.1) is 0 Å². The fourth-order valence-corrected chi connectivity index (χ4v) is 4.42. The maximum absolute atomic E-state index is 12.9. The van der Waals surface area contributed by atoms with E-state index >= 15 is 0 Å². The molecule has 30 heavy (non-hydrogen) atoms. The highest BCUT2D eigenvalue weighted by molar-refractivity contribution is 5.95. The topological polar surface area (TPSA) is 50.8 Å². The van der Waals surface area contributed by atoms with Crippen LogP contribution in [0.4, 0.5) is 5.69 Å². The van der Waals surface area contributed by atoms with Gasteiger partial charge in [-0.05, 0) is 56.4 Å². The molecule has 1 N–H and O–H groups in total. The van der Waals surface area contributed by atoms with Crippen LogP contribution in [0.2, 0.25) is 0 Å². The maximum atomic E-state index is 12.9. The van der Waals surface area contributed by atoms with Crippen molar-refractivity contribution in [3.63, 3.8) is 0 Å². The minimum atomic E-state index is -0.166. The number of rotatable bonds is 8. The molecule has 160 valence electrons. The molecule has 0 bridgehead atoms. The summed E-state index contributed by atoms with van der Waals surface area (Å²) in [5, 5.41) is 3.54. The van der Waals surface area contributed by atoms with Gasteiger partial charge in [0.15, 0.2) is 12.6 Å². The Balaban J connectivity index is 1.32. The summed E-state index contributed by atoms with van der Waals surface area (Å²) in [5.41, 5.74) is 4.74. The first kappa shape index (κ1) is 21.0. The van der Waals surface area contributed by atoms with Crippen LogP contribution in [0.25, 0.3) is 0 Å². The van der Waals surface area contributed by atoms with Crippen molar-refractivity contribution in [3.8, 4) is 0 Å². The van der Waals surface area contributed by atoms with Crippen molar-refractivity contribution in [2.75, 3.05) is 18.0 Å². The van der Waals surface area contributed by atoms with Gasteiger partial charge in [-0.25, -0.2) is 0 Å². The van der Waals surface area contributed by atoms with Gasteiger partial charge in [0, 0.05) is 37.2 Å².